The molecule has 0 saturated heterocycles. The average molecular weight is 183 g/mol. The summed E-state index contributed by atoms with van der Waals surface area (Å²) in [5.41, 5.74) is 1.75. The highest BCUT2D eigenvalue weighted by Crippen LogP contribution is 2.19. The van der Waals surface area contributed by atoms with Gasteiger partial charge in [0.05, 0.1) is 18.1 Å². The molecule has 1 N–H and O–H groups in total. The molecule has 0 bridgehead atoms. The first kappa shape index (κ1) is 7.43. The highest BCUT2D eigenvalue weighted by Gasteiger charge is 2.01. The molecule has 0 atom stereocenters. The molecule has 0 fully saturated rings. The predicted octanol–water partition coefficient (Wildman–Crippen LogP) is 2.22. The van der Waals surface area contributed by atoms with E-state index in [1.807, 2.05) is 12.1 Å². The molecule has 0 aliphatic carbocycles. The lowest BCUT2D eigenvalue weighted by atomic mass is 10.3. The van der Waals surface area contributed by atoms with Gasteiger partial charge in [-0.2, -0.15) is 4.98 Å². The Morgan fingerprint density at radius 1 is 1.50 bits per heavy atom. The maximum Gasteiger partial charge on any atom is 0.294 e. The van der Waals surface area contributed by atoms with Crippen molar-refractivity contribution < 1.29 is 4.74 Å². The zero-order valence-corrected chi connectivity index (χ0v) is 7.22. The third-order valence-electron chi connectivity index (χ3n) is 1.62. The van der Waals surface area contributed by atoms with E-state index >= 15 is 0 Å². The Bertz CT molecular complexity index is 410. The Hall–Kier alpha value is -1.22. The first-order chi connectivity index (χ1) is 5.79. The first-order valence-electron chi connectivity index (χ1n) is 3.49. The van der Waals surface area contributed by atoms with E-state index in [0.29, 0.717) is 11.0 Å². The van der Waals surface area contributed by atoms with Gasteiger partial charge >= 0.3 is 0 Å². The summed E-state index contributed by atoms with van der Waals surface area (Å²) in [6, 6.07) is 5.96. The van der Waals surface area contributed by atoms with Gasteiger partial charge in [-0.3, -0.25) is 0 Å². The van der Waals surface area contributed by atoms with E-state index in [1.54, 1.807) is 13.2 Å². The van der Waals surface area contributed by atoms with Gasteiger partial charge in [-0.1, -0.05) is 11.6 Å². The van der Waals surface area contributed by atoms with Crippen LogP contribution in [-0.2, 0) is 0 Å². The molecule has 1 heterocycles. The quantitative estimate of drug-likeness (QED) is 0.735. The van der Waals surface area contributed by atoms with Crippen LogP contribution in [0.3, 0.4) is 0 Å². The van der Waals surface area contributed by atoms with Crippen LogP contribution in [0, 0.1) is 0 Å². The Morgan fingerprint density at radius 3 is 3.08 bits per heavy atom. The number of nitrogens with one attached hydrogen (secondary N) is 1. The van der Waals surface area contributed by atoms with Crippen LogP contribution in [0.15, 0.2) is 18.2 Å². The predicted molar refractivity (Wildman–Crippen MR) is 47.7 cm³/mol. The molecular weight excluding hydrogens is 176 g/mol. The summed E-state index contributed by atoms with van der Waals surface area (Å²) in [5, 5.41) is 0.689. The van der Waals surface area contributed by atoms with Crippen molar-refractivity contribution in [1.29, 1.82) is 0 Å². The molecule has 0 aliphatic heterocycles. The summed E-state index contributed by atoms with van der Waals surface area (Å²) in [6.45, 7) is 0. The van der Waals surface area contributed by atoms with Crippen molar-refractivity contribution in [3.63, 3.8) is 0 Å². The zero-order chi connectivity index (χ0) is 8.55. The number of hydrogen-bond donors (Lipinski definition) is 1. The largest absolute Gasteiger partial charge is 0.468 e. The van der Waals surface area contributed by atoms with Crippen molar-refractivity contribution in [3.05, 3.63) is 23.2 Å². The molecule has 0 spiro atoms. The van der Waals surface area contributed by atoms with Crippen LogP contribution < -0.4 is 4.74 Å². The van der Waals surface area contributed by atoms with Gasteiger partial charge in [-0.15, -0.1) is 0 Å². The minimum Gasteiger partial charge on any atom is -0.468 e. The number of fused-ring (bicyclic) bond motifs is 1. The van der Waals surface area contributed by atoms with Crippen LogP contribution in [0.25, 0.3) is 11.0 Å². The van der Waals surface area contributed by atoms with E-state index in [-0.39, 0.29) is 0 Å². The van der Waals surface area contributed by atoms with Crippen LogP contribution in [-0.4, -0.2) is 17.1 Å². The number of rotatable bonds is 1. The number of H-pyrrole nitrogens is 1. The normalized spacial score (nSPS) is 10.5. The van der Waals surface area contributed by atoms with E-state index in [4.69, 9.17) is 16.3 Å². The van der Waals surface area contributed by atoms with Crippen LogP contribution in [0.5, 0.6) is 6.01 Å². The SMILES string of the molecule is COc1nc2ccc(Cl)cc2[nH]1. The van der Waals surface area contributed by atoms with E-state index < -0.39 is 0 Å². The number of aromatic amines is 1. The summed E-state index contributed by atoms with van der Waals surface area (Å²) in [6.07, 6.45) is 0. The highest BCUT2D eigenvalue weighted by molar-refractivity contribution is 6.31. The molecule has 12 heavy (non-hydrogen) atoms. The number of imidazole rings is 1. The number of methoxy groups -OCH3 is 1. The van der Waals surface area contributed by atoms with Crippen molar-refractivity contribution in [3.8, 4) is 6.01 Å². The summed E-state index contributed by atoms with van der Waals surface area (Å²) in [4.78, 5) is 7.10. The number of hydrogen-bond acceptors (Lipinski definition) is 2. The molecule has 62 valence electrons. The summed E-state index contributed by atoms with van der Waals surface area (Å²) in [7, 11) is 1.57. The summed E-state index contributed by atoms with van der Waals surface area (Å²) in [5.74, 6) is 0. The van der Waals surface area contributed by atoms with Crippen molar-refractivity contribution in [1.82, 2.24) is 9.97 Å². The second-order valence-corrected chi connectivity index (χ2v) is 2.84. The lowest BCUT2D eigenvalue weighted by Gasteiger charge is -1.87. The molecule has 0 unspecified atom stereocenters. The molecule has 2 aromatic rings. The molecule has 1 aromatic carbocycles. The van der Waals surface area contributed by atoms with Crippen LogP contribution in [0.4, 0.5) is 0 Å². The lowest BCUT2D eigenvalue weighted by Crippen LogP contribution is -1.82. The number of benzene rings is 1. The minimum atomic E-state index is 0.507. The number of nitrogens with zero attached hydrogens (tertiary/aromatic N) is 1. The Labute approximate surface area is 74.3 Å². The molecule has 0 aliphatic rings. The molecule has 0 radical (unpaired) electrons. The van der Waals surface area contributed by atoms with Crippen LogP contribution in [0.1, 0.15) is 0 Å². The van der Waals surface area contributed by atoms with E-state index in [1.165, 1.54) is 0 Å². The second-order valence-electron chi connectivity index (χ2n) is 2.41. The Balaban J connectivity index is 2.67. The standard InChI is InChI=1S/C8H7ClN2O/c1-12-8-10-6-3-2-5(9)4-7(6)11-8/h2-4H,1H3,(H,10,11). The summed E-state index contributed by atoms with van der Waals surface area (Å²) < 4.78 is 4.93. The molecule has 0 saturated carbocycles. The number of halogens is 1. The van der Waals surface area contributed by atoms with Crippen molar-refractivity contribution in [2.45, 2.75) is 0 Å². The van der Waals surface area contributed by atoms with Gasteiger partial charge < -0.3 is 9.72 Å². The van der Waals surface area contributed by atoms with E-state index in [0.717, 1.165) is 11.0 Å². The van der Waals surface area contributed by atoms with E-state index in [2.05, 4.69) is 9.97 Å². The lowest BCUT2D eigenvalue weighted by molar-refractivity contribution is 0.386. The summed E-state index contributed by atoms with van der Waals surface area (Å²) >= 11 is 5.78. The number of ether oxygens (including phenoxy) is 1. The highest BCUT2D eigenvalue weighted by atomic mass is 35.5. The van der Waals surface area contributed by atoms with Gasteiger partial charge in [0.1, 0.15) is 0 Å². The molecule has 2 rings (SSSR count). The fourth-order valence-electron chi connectivity index (χ4n) is 1.06. The maximum atomic E-state index is 5.78. The fourth-order valence-corrected chi connectivity index (χ4v) is 1.23. The van der Waals surface area contributed by atoms with Gasteiger partial charge in [-0.05, 0) is 18.2 Å². The average Bonchev–Trinajstić information content (AvgIpc) is 2.46. The van der Waals surface area contributed by atoms with Gasteiger partial charge in [0.15, 0.2) is 0 Å². The Kier molecular flexibility index (Phi) is 1.66. The third kappa shape index (κ3) is 1.12. The molecule has 4 heteroatoms. The minimum absolute atomic E-state index is 0.507. The fraction of sp³-hybridized carbons (Fsp3) is 0.125. The smallest absolute Gasteiger partial charge is 0.294 e. The van der Waals surface area contributed by atoms with Crippen molar-refractivity contribution >= 4 is 22.6 Å². The van der Waals surface area contributed by atoms with Gasteiger partial charge in [0.2, 0.25) is 0 Å². The molecule has 0 amide bonds. The van der Waals surface area contributed by atoms with Gasteiger partial charge in [-0.25, -0.2) is 0 Å². The van der Waals surface area contributed by atoms with Crippen LogP contribution >= 0.6 is 11.6 Å². The zero-order valence-electron chi connectivity index (χ0n) is 6.47. The molecule has 1 aromatic heterocycles. The van der Waals surface area contributed by atoms with Crippen LogP contribution in [0.2, 0.25) is 5.02 Å². The van der Waals surface area contributed by atoms with Gasteiger partial charge in [0, 0.05) is 5.02 Å². The van der Waals surface area contributed by atoms with Gasteiger partial charge in [0.25, 0.3) is 6.01 Å². The van der Waals surface area contributed by atoms with E-state index in [9.17, 15) is 0 Å². The topological polar surface area (TPSA) is 37.9 Å². The Morgan fingerprint density at radius 2 is 2.33 bits per heavy atom. The third-order valence-corrected chi connectivity index (χ3v) is 1.85. The monoisotopic (exact) mass is 182 g/mol. The first-order valence-corrected chi connectivity index (χ1v) is 3.86. The molecular formula is C8H7ClN2O. The second kappa shape index (κ2) is 2.68. The van der Waals surface area contributed by atoms with Crippen molar-refractivity contribution in [2.24, 2.45) is 0 Å². The number of aromatic nitrogens is 2. The van der Waals surface area contributed by atoms with Crippen molar-refractivity contribution in [2.75, 3.05) is 7.11 Å². The molecule has 3 nitrogen and oxygen atoms in total. The maximum absolute atomic E-state index is 5.78.